The molecule has 0 spiro atoms. The van der Waals surface area contributed by atoms with Crippen LogP contribution in [0.3, 0.4) is 0 Å². The van der Waals surface area contributed by atoms with Gasteiger partial charge in [-0.05, 0) is 45.2 Å². The summed E-state index contributed by atoms with van der Waals surface area (Å²) < 4.78 is 1.97. The Morgan fingerprint density at radius 3 is 1.46 bits per heavy atom. The third kappa shape index (κ3) is 5.27. The van der Waals surface area contributed by atoms with Gasteiger partial charge in [-0.15, -0.1) is 5.10 Å². The van der Waals surface area contributed by atoms with Gasteiger partial charge in [0.05, 0.1) is 5.69 Å². The summed E-state index contributed by atoms with van der Waals surface area (Å²) in [4.78, 5) is 5.04. The molecular weight excluding hydrogens is 450 g/mol. The van der Waals surface area contributed by atoms with Crippen molar-refractivity contribution in [1.29, 1.82) is 0 Å². The number of nitrogens with zero attached hydrogens (tertiary/aromatic N) is 3. The fourth-order valence-electron chi connectivity index (χ4n) is 4.47. The standard InChI is InChI=1S/C34H35N3/c1-33(2,3)28-18-12-26(13-19-28)31-35-32(27-14-20-29(21-15-27)34(4,5)6)37(36-31)30-22-16-25(17-23-30)24-10-8-7-9-11-24/h7-23H,1-6H3. The number of hydrogen-bond donors (Lipinski definition) is 0. The zero-order chi connectivity index (χ0) is 26.2. The van der Waals surface area contributed by atoms with Crippen LogP contribution >= 0.6 is 0 Å². The fraction of sp³-hybridized carbons (Fsp3) is 0.235. The van der Waals surface area contributed by atoms with Gasteiger partial charge in [0, 0.05) is 11.1 Å². The van der Waals surface area contributed by atoms with Crippen LogP contribution < -0.4 is 0 Å². The second-order valence-electron chi connectivity index (χ2n) is 11.7. The smallest absolute Gasteiger partial charge is 0.182 e. The number of aromatic nitrogens is 3. The van der Waals surface area contributed by atoms with E-state index in [0.29, 0.717) is 0 Å². The van der Waals surface area contributed by atoms with Gasteiger partial charge in [-0.3, -0.25) is 0 Å². The molecule has 0 bridgehead atoms. The lowest BCUT2D eigenvalue weighted by molar-refractivity contribution is 0.590. The molecule has 37 heavy (non-hydrogen) atoms. The van der Waals surface area contributed by atoms with E-state index in [-0.39, 0.29) is 10.8 Å². The van der Waals surface area contributed by atoms with Crippen molar-refractivity contribution in [2.24, 2.45) is 0 Å². The molecule has 0 aliphatic rings. The van der Waals surface area contributed by atoms with Gasteiger partial charge in [0.25, 0.3) is 0 Å². The predicted molar refractivity (Wildman–Crippen MR) is 155 cm³/mol. The summed E-state index contributed by atoms with van der Waals surface area (Å²) >= 11 is 0. The van der Waals surface area contributed by atoms with Gasteiger partial charge in [-0.25, -0.2) is 9.67 Å². The molecule has 186 valence electrons. The van der Waals surface area contributed by atoms with E-state index in [1.54, 1.807) is 0 Å². The molecule has 1 heterocycles. The molecule has 4 aromatic carbocycles. The Hall–Kier alpha value is -3.98. The first kappa shape index (κ1) is 24.7. The Morgan fingerprint density at radius 2 is 0.946 bits per heavy atom. The highest BCUT2D eigenvalue weighted by atomic mass is 15.4. The zero-order valence-corrected chi connectivity index (χ0v) is 22.7. The van der Waals surface area contributed by atoms with Crippen LogP contribution in [-0.2, 0) is 10.8 Å². The van der Waals surface area contributed by atoms with Gasteiger partial charge in [0.15, 0.2) is 11.6 Å². The summed E-state index contributed by atoms with van der Waals surface area (Å²) in [7, 11) is 0. The summed E-state index contributed by atoms with van der Waals surface area (Å²) in [6.45, 7) is 13.4. The Bertz CT molecular complexity index is 1480. The molecule has 0 unspecified atom stereocenters. The first-order chi connectivity index (χ1) is 17.6. The zero-order valence-electron chi connectivity index (χ0n) is 22.7. The largest absolute Gasteiger partial charge is 0.213 e. The van der Waals surface area contributed by atoms with Crippen LogP contribution in [-0.4, -0.2) is 14.8 Å². The van der Waals surface area contributed by atoms with Crippen molar-refractivity contribution in [2.75, 3.05) is 0 Å². The van der Waals surface area contributed by atoms with Crippen molar-refractivity contribution < 1.29 is 0 Å². The van der Waals surface area contributed by atoms with Crippen molar-refractivity contribution in [1.82, 2.24) is 14.8 Å². The maximum atomic E-state index is 5.04. The summed E-state index contributed by atoms with van der Waals surface area (Å²) in [5.74, 6) is 1.56. The molecule has 3 nitrogen and oxygen atoms in total. The van der Waals surface area contributed by atoms with Crippen LogP contribution in [0.2, 0.25) is 0 Å². The topological polar surface area (TPSA) is 30.7 Å². The van der Waals surface area contributed by atoms with Gasteiger partial charge in [0.1, 0.15) is 0 Å². The lowest BCUT2D eigenvalue weighted by atomic mass is 9.86. The van der Waals surface area contributed by atoms with E-state index in [0.717, 1.165) is 28.5 Å². The second-order valence-corrected chi connectivity index (χ2v) is 11.7. The van der Waals surface area contributed by atoms with Crippen molar-refractivity contribution in [3.05, 3.63) is 114 Å². The molecular formula is C34H35N3. The van der Waals surface area contributed by atoms with Crippen LogP contribution in [0.4, 0.5) is 0 Å². The third-order valence-electron chi connectivity index (χ3n) is 6.84. The quantitative estimate of drug-likeness (QED) is 0.254. The van der Waals surface area contributed by atoms with E-state index < -0.39 is 0 Å². The van der Waals surface area contributed by atoms with E-state index in [1.165, 1.54) is 22.3 Å². The van der Waals surface area contributed by atoms with E-state index >= 15 is 0 Å². The Morgan fingerprint density at radius 1 is 0.486 bits per heavy atom. The maximum absolute atomic E-state index is 5.04. The first-order valence-corrected chi connectivity index (χ1v) is 12.9. The van der Waals surface area contributed by atoms with E-state index in [9.17, 15) is 0 Å². The van der Waals surface area contributed by atoms with Crippen LogP contribution in [0.1, 0.15) is 52.7 Å². The molecule has 0 radical (unpaired) electrons. The molecule has 3 heteroatoms. The molecule has 1 aromatic heterocycles. The molecule has 0 amide bonds. The number of rotatable bonds is 4. The molecule has 5 aromatic rings. The van der Waals surface area contributed by atoms with Gasteiger partial charge < -0.3 is 0 Å². The highest BCUT2D eigenvalue weighted by Crippen LogP contribution is 2.30. The molecule has 5 rings (SSSR count). The average molecular weight is 486 g/mol. The van der Waals surface area contributed by atoms with Crippen LogP contribution in [0, 0.1) is 0 Å². The van der Waals surface area contributed by atoms with Crippen molar-refractivity contribution in [2.45, 2.75) is 52.4 Å². The summed E-state index contributed by atoms with van der Waals surface area (Å²) in [6.07, 6.45) is 0. The summed E-state index contributed by atoms with van der Waals surface area (Å²) in [5, 5.41) is 5.00. The monoisotopic (exact) mass is 485 g/mol. The number of hydrogen-bond acceptors (Lipinski definition) is 2. The molecule has 0 N–H and O–H groups in total. The van der Waals surface area contributed by atoms with Crippen LogP contribution in [0.15, 0.2) is 103 Å². The molecule has 0 fully saturated rings. The second kappa shape index (κ2) is 9.48. The van der Waals surface area contributed by atoms with Gasteiger partial charge in [-0.1, -0.05) is 133 Å². The van der Waals surface area contributed by atoms with Gasteiger partial charge in [0.2, 0.25) is 0 Å². The normalized spacial score (nSPS) is 12.1. The maximum Gasteiger partial charge on any atom is 0.182 e. The summed E-state index contributed by atoms with van der Waals surface area (Å²) in [5.41, 5.74) is 8.22. The Balaban J connectivity index is 1.58. The highest BCUT2D eigenvalue weighted by Gasteiger charge is 2.19. The van der Waals surface area contributed by atoms with E-state index in [2.05, 4.69) is 139 Å². The fourth-order valence-corrected chi connectivity index (χ4v) is 4.47. The van der Waals surface area contributed by atoms with Crippen LogP contribution in [0.5, 0.6) is 0 Å². The Labute approximate surface area is 220 Å². The molecule has 0 aliphatic heterocycles. The minimum absolute atomic E-state index is 0.0967. The average Bonchev–Trinajstić information content (AvgIpc) is 3.34. The summed E-state index contributed by atoms with van der Waals surface area (Å²) in [6, 6.07) is 36.3. The Kier molecular flexibility index (Phi) is 6.33. The van der Waals surface area contributed by atoms with E-state index in [4.69, 9.17) is 10.1 Å². The van der Waals surface area contributed by atoms with Crippen molar-refractivity contribution in [3.8, 4) is 39.6 Å². The lowest BCUT2D eigenvalue weighted by Gasteiger charge is -2.19. The molecule has 0 aliphatic carbocycles. The van der Waals surface area contributed by atoms with Crippen LogP contribution in [0.25, 0.3) is 39.6 Å². The highest BCUT2D eigenvalue weighted by molar-refractivity contribution is 5.67. The van der Waals surface area contributed by atoms with E-state index in [1.807, 2.05) is 10.7 Å². The third-order valence-corrected chi connectivity index (χ3v) is 6.84. The lowest BCUT2D eigenvalue weighted by Crippen LogP contribution is -2.10. The van der Waals surface area contributed by atoms with Crippen molar-refractivity contribution in [3.63, 3.8) is 0 Å². The van der Waals surface area contributed by atoms with Crippen molar-refractivity contribution >= 4 is 0 Å². The molecule has 0 atom stereocenters. The molecule has 0 saturated heterocycles. The first-order valence-electron chi connectivity index (χ1n) is 12.9. The SMILES string of the molecule is CC(C)(C)c1ccc(-c2nc(-c3ccc(C(C)(C)C)cc3)n(-c3ccc(-c4ccccc4)cc3)n2)cc1. The minimum Gasteiger partial charge on any atom is -0.213 e. The number of benzene rings is 4. The predicted octanol–water partition coefficient (Wildman–Crippen LogP) is 8.86. The molecule has 0 saturated carbocycles. The van der Waals surface area contributed by atoms with Gasteiger partial charge >= 0.3 is 0 Å². The van der Waals surface area contributed by atoms with Gasteiger partial charge in [-0.2, -0.15) is 0 Å². The minimum atomic E-state index is 0.0967.